The van der Waals surface area contributed by atoms with Gasteiger partial charge in [0.25, 0.3) is 0 Å². The fourth-order valence-electron chi connectivity index (χ4n) is 0.959. The zero-order valence-electron chi connectivity index (χ0n) is 7.80. The summed E-state index contributed by atoms with van der Waals surface area (Å²) in [5.41, 5.74) is 5.42. The van der Waals surface area contributed by atoms with E-state index in [-0.39, 0.29) is 5.92 Å². The van der Waals surface area contributed by atoms with Crippen LogP contribution in [0, 0.1) is 5.92 Å². The van der Waals surface area contributed by atoms with E-state index in [2.05, 4.69) is 0 Å². The Morgan fingerprint density at radius 1 is 1.54 bits per heavy atom. The van der Waals surface area contributed by atoms with Crippen molar-refractivity contribution in [3.05, 3.63) is 0 Å². The molecule has 0 spiro atoms. The van der Waals surface area contributed by atoms with E-state index in [0.29, 0.717) is 6.42 Å². The molecule has 2 atom stereocenters. The first-order valence-corrected chi connectivity index (χ1v) is 5.96. The van der Waals surface area contributed by atoms with E-state index in [4.69, 9.17) is 10.8 Å². The second-order valence-corrected chi connectivity index (χ2v) is 6.00. The largest absolute Gasteiger partial charge is 0.481 e. The van der Waals surface area contributed by atoms with Gasteiger partial charge in [-0.15, -0.1) is 0 Å². The first-order chi connectivity index (χ1) is 5.75. The maximum Gasteiger partial charge on any atom is 0.313 e. The Labute approximate surface area is 77.4 Å². The molecule has 5 nitrogen and oxygen atoms in total. The minimum atomic E-state index is -3.72. The van der Waals surface area contributed by atoms with Crippen LogP contribution in [0.3, 0.4) is 0 Å². The van der Waals surface area contributed by atoms with Crippen LogP contribution in [0.1, 0.15) is 20.3 Å². The first kappa shape index (κ1) is 12.6. The molecule has 0 saturated carbocycles. The highest BCUT2D eigenvalue weighted by Crippen LogP contribution is 2.45. The van der Waals surface area contributed by atoms with E-state index >= 15 is 0 Å². The third kappa shape index (κ3) is 5.03. The fraction of sp³-hybridized carbons (Fsp3) is 0.857. The lowest BCUT2D eigenvalue weighted by Gasteiger charge is -2.19. The molecule has 0 aliphatic rings. The van der Waals surface area contributed by atoms with Crippen molar-refractivity contribution in [3.8, 4) is 0 Å². The van der Waals surface area contributed by atoms with Gasteiger partial charge in [-0.1, -0.05) is 13.8 Å². The minimum absolute atomic E-state index is 0.185. The van der Waals surface area contributed by atoms with Gasteiger partial charge in [-0.2, -0.15) is 0 Å². The van der Waals surface area contributed by atoms with Gasteiger partial charge in [-0.25, -0.2) is 0 Å². The van der Waals surface area contributed by atoms with Crippen LogP contribution in [0.15, 0.2) is 0 Å². The molecule has 0 aromatic heterocycles. The smallest absolute Gasteiger partial charge is 0.313 e. The van der Waals surface area contributed by atoms with Crippen molar-refractivity contribution < 1.29 is 19.4 Å². The Hall–Kier alpha value is -0.380. The van der Waals surface area contributed by atoms with Gasteiger partial charge in [0.05, 0.1) is 5.78 Å². The van der Waals surface area contributed by atoms with E-state index < -0.39 is 25.3 Å². The molecule has 0 aliphatic carbocycles. The van der Waals surface area contributed by atoms with Crippen molar-refractivity contribution in [2.45, 2.75) is 26.1 Å². The summed E-state index contributed by atoms with van der Waals surface area (Å²) in [7, 11) is -3.72. The van der Waals surface area contributed by atoms with Crippen molar-refractivity contribution in [1.29, 1.82) is 0 Å². The standard InChI is InChI=1S/C7H16NO4P/c1-5(2)3-6(8)13(11,12)4-7(9)10/h5-6H,3-4,8H2,1-2H3,(H,9,10)(H,11,12). The van der Waals surface area contributed by atoms with Gasteiger partial charge in [-0.3, -0.25) is 9.36 Å². The maximum atomic E-state index is 11.3. The molecule has 2 unspecified atom stereocenters. The summed E-state index contributed by atoms with van der Waals surface area (Å²) in [6.45, 7) is 3.72. The maximum absolute atomic E-state index is 11.3. The lowest BCUT2D eigenvalue weighted by molar-refractivity contribution is -0.134. The molecule has 0 rings (SSSR count). The highest BCUT2D eigenvalue weighted by Gasteiger charge is 2.30. The summed E-state index contributed by atoms with van der Waals surface area (Å²) in [6.07, 6.45) is -0.387. The molecule has 0 aliphatic heterocycles. The third-order valence-electron chi connectivity index (χ3n) is 1.59. The number of aliphatic carboxylic acids is 1. The van der Waals surface area contributed by atoms with Crippen molar-refractivity contribution in [2.75, 3.05) is 6.16 Å². The van der Waals surface area contributed by atoms with E-state index in [1.807, 2.05) is 13.8 Å². The molecule has 0 aromatic carbocycles. The Morgan fingerprint density at radius 2 is 2.00 bits per heavy atom. The molecule has 0 amide bonds. The van der Waals surface area contributed by atoms with Gasteiger partial charge in [0.15, 0.2) is 0 Å². The number of hydrogen-bond donors (Lipinski definition) is 3. The van der Waals surface area contributed by atoms with Crippen LogP contribution in [0.2, 0.25) is 0 Å². The second-order valence-electron chi connectivity index (χ2n) is 3.50. The van der Waals surface area contributed by atoms with Gasteiger partial charge < -0.3 is 15.7 Å². The molecule has 0 fully saturated rings. The minimum Gasteiger partial charge on any atom is -0.481 e. The summed E-state index contributed by atoms with van der Waals surface area (Å²) in [5.74, 6) is -2.03. The Kier molecular flexibility index (Phi) is 4.61. The summed E-state index contributed by atoms with van der Waals surface area (Å²) in [6, 6.07) is 0. The van der Waals surface area contributed by atoms with Crippen LogP contribution in [0.25, 0.3) is 0 Å². The Bertz CT molecular complexity index is 229. The van der Waals surface area contributed by atoms with E-state index in [9.17, 15) is 14.3 Å². The number of rotatable bonds is 5. The SMILES string of the molecule is CC(C)CC(N)P(=O)(O)CC(=O)O. The monoisotopic (exact) mass is 209 g/mol. The molecule has 0 saturated heterocycles. The lowest BCUT2D eigenvalue weighted by atomic mass is 10.1. The molecule has 4 N–H and O–H groups in total. The van der Waals surface area contributed by atoms with Crippen LogP contribution < -0.4 is 5.73 Å². The molecule has 13 heavy (non-hydrogen) atoms. The number of carboxylic acid groups (broad SMARTS) is 1. The molecular weight excluding hydrogens is 193 g/mol. The fourth-order valence-corrected chi connectivity index (χ4v) is 2.33. The normalized spacial score (nSPS) is 18.2. The summed E-state index contributed by atoms with van der Waals surface area (Å²) in [4.78, 5) is 19.5. The number of hydrogen-bond acceptors (Lipinski definition) is 3. The lowest BCUT2D eigenvalue weighted by Crippen LogP contribution is -2.25. The highest BCUT2D eigenvalue weighted by molar-refractivity contribution is 7.59. The summed E-state index contributed by atoms with van der Waals surface area (Å²) < 4.78 is 11.3. The molecule has 0 radical (unpaired) electrons. The molecule has 78 valence electrons. The van der Waals surface area contributed by atoms with Crippen molar-refractivity contribution in [1.82, 2.24) is 0 Å². The number of nitrogens with two attached hydrogens (primary N) is 1. The molecule has 0 bridgehead atoms. The Balaban J connectivity index is 4.27. The van der Waals surface area contributed by atoms with Gasteiger partial charge in [-0.05, 0) is 12.3 Å². The van der Waals surface area contributed by atoms with E-state index in [0.717, 1.165) is 0 Å². The summed E-state index contributed by atoms with van der Waals surface area (Å²) >= 11 is 0. The zero-order valence-corrected chi connectivity index (χ0v) is 8.70. The average Bonchev–Trinajstić information content (AvgIpc) is 1.81. The van der Waals surface area contributed by atoms with Crippen LogP contribution >= 0.6 is 7.37 Å². The van der Waals surface area contributed by atoms with Gasteiger partial charge >= 0.3 is 5.97 Å². The number of carboxylic acids is 1. The molecule has 0 heterocycles. The summed E-state index contributed by atoms with van der Waals surface area (Å²) in [5, 5.41) is 8.34. The molecule has 0 aromatic rings. The van der Waals surface area contributed by atoms with Crippen LogP contribution in [0.4, 0.5) is 0 Å². The average molecular weight is 209 g/mol. The van der Waals surface area contributed by atoms with E-state index in [1.54, 1.807) is 0 Å². The van der Waals surface area contributed by atoms with Gasteiger partial charge in [0.1, 0.15) is 6.16 Å². The van der Waals surface area contributed by atoms with Crippen molar-refractivity contribution >= 4 is 13.3 Å². The molecular formula is C7H16NO4P. The number of carbonyl (C=O) groups is 1. The quantitative estimate of drug-likeness (QED) is 0.578. The zero-order chi connectivity index (χ0) is 10.6. The topological polar surface area (TPSA) is 101 Å². The highest BCUT2D eigenvalue weighted by atomic mass is 31.2. The van der Waals surface area contributed by atoms with Crippen LogP contribution in [-0.2, 0) is 9.36 Å². The van der Waals surface area contributed by atoms with Gasteiger partial charge in [0, 0.05) is 0 Å². The van der Waals surface area contributed by atoms with Gasteiger partial charge in [0.2, 0.25) is 7.37 Å². The van der Waals surface area contributed by atoms with Crippen molar-refractivity contribution in [3.63, 3.8) is 0 Å². The molecule has 6 heteroatoms. The third-order valence-corrected chi connectivity index (χ3v) is 3.56. The second kappa shape index (κ2) is 4.74. The predicted molar refractivity (Wildman–Crippen MR) is 49.8 cm³/mol. The van der Waals surface area contributed by atoms with Crippen LogP contribution in [-0.4, -0.2) is 27.9 Å². The first-order valence-electron chi connectivity index (χ1n) is 4.04. The van der Waals surface area contributed by atoms with Crippen molar-refractivity contribution in [2.24, 2.45) is 11.7 Å². The predicted octanol–water partition coefficient (Wildman–Crippen LogP) is 0.672. The van der Waals surface area contributed by atoms with E-state index in [1.165, 1.54) is 0 Å². The Morgan fingerprint density at radius 3 is 2.31 bits per heavy atom. The van der Waals surface area contributed by atoms with Crippen LogP contribution in [0.5, 0.6) is 0 Å².